The third kappa shape index (κ3) is 5.38. The van der Waals surface area contributed by atoms with Crippen molar-refractivity contribution >= 4 is 11.6 Å². The molecule has 118 valence electrons. The van der Waals surface area contributed by atoms with Crippen molar-refractivity contribution < 1.29 is 14.6 Å². The number of hydrogen-bond donors (Lipinski definition) is 2. The normalized spacial score (nSPS) is 12.9. The van der Waals surface area contributed by atoms with E-state index in [4.69, 9.17) is 4.74 Å². The van der Waals surface area contributed by atoms with E-state index in [1.54, 1.807) is 18.2 Å². The fourth-order valence-electron chi connectivity index (χ4n) is 1.87. The monoisotopic (exact) mass is 293 g/mol. The first-order valence-electron chi connectivity index (χ1n) is 7.44. The van der Waals surface area contributed by atoms with E-state index in [-0.39, 0.29) is 23.8 Å². The highest BCUT2D eigenvalue weighted by Crippen LogP contribution is 2.29. The Labute approximate surface area is 127 Å². The predicted molar refractivity (Wildman–Crippen MR) is 85.4 cm³/mol. The number of anilines is 1. The van der Waals surface area contributed by atoms with Crippen LogP contribution in [0.5, 0.6) is 5.75 Å². The maximum atomic E-state index is 12.1. The van der Waals surface area contributed by atoms with Crippen molar-refractivity contribution in [1.29, 1.82) is 0 Å². The van der Waals surface area contributed by atoms with Gasteiger partial charge < -0.3 is 15.2 Å². The molecule has 4 nitrogen and oxygen atoms in total. The van der Waals surface area contributed by atoms with Gasteiger partial charge in [0.2, 0.25) is 5.91 Å². The number of hydrogen-bond acceptors (Lipinski definition) is 3. The molecule has 0 saturated heterocycles. The molecule has 0 fully saturated rings. The quantitative estimate of drug-likeness (QED) is 0.842. The van der Waals surface area contributed by atoms with E-state index < -0.39 is 0 Å². The summed E-state index contributed by atoms with van der Waals surface area (Å²) in [5.41, 5.74) is 1.47. The van der Waals surface area contributed by atoms with Crippen molar-refractivity contribution in [3.05, 3.63) is 23.8 Å². The highest BCUT2D eigenvalue weighted by molar-refractivity contribution is 5.91. The molecule has 1 aromatic carbocycles. The minimum Gasteiger partial charge on any atom is -0.494 e. The van der Waals surface area contributed by atoms with E-state index in [2.05, 4.69) is 33.0 Å². The molecule has 0 spiro atoms. The van der Waals surface area contributed by atoms with Crippen LogP contribution in [0.4, 0.5) is 5.69 Å². The van der Waals surface area contributed by atoms with Gasteiger partial charge in [-0.05, 0) is 36.5 Å². The number of aliphatic hydroxyl groups is 1. The van der Waals surface area contributed by atoms with Gasteiger partial charge in [0.05, 0.1) is 13.2 Å². The Bertz CT molecular complexity index is 477. The largest absolute Gasteiger partial charge is 0.494 e. The maximum Gasteiger partial charge on any atom is 0.224 e. The first kappa shape index (κ1) is 17.5. The molecule has 1 atom stereocenters. The Morgan fingerprint density at radius 1 is 1.38 bits per heavy atom. The second-order valence-electron chi connectivity index (χ2n) is 6.43. The molecule has 0 aliphatic carbocycles. The predicted octanol–water partition coefficient (Wildman–Crippen LogP) is 3.59. The molecule has 0 heterocycles. The fraction of sp³-hybridized carbons (Fsp3) is 0.588. The summed E-state index contributed by atoms with van der Waals surface area (Å²) in [5.74, 6) is 0.934. The lowest BCUT2D eigenvalue weighted by Gasteiger charge is -2.26. The van der Waals surface area contributed by atoms with Crippen LogP contribution in [0.3, 0.4) is 0 Å². The molecule has 0 aliphatic rings. The minimum absolute atomic E-state index is 0.00882. The maximum absolute atomic E-state index is 12.1. The standard InChI is InChI=1S/C17H27NO3/c1-6-21-15-8-7-14(10-13(15)11-19)18-16(20)9-12(2)17(3,4)5/h7-8,10,12,19H,6,9,11H2,1-5H3,(H,18,20). The summed E-state index contributed by atoms with van der Waals surface area (Å²) < 4.78 is 5.42. The van der Waals surface area contributed by atoms with E-state index in [1.807, 2.05) is 6.92 Å². The van der Waals surface area contributed by atoms with Crippen LogP contribution in [-0.4, -0.2) is 17.6 Å². The van der Waals surface area contributed by atoms with Crippen molar-refractivity contribution in [1.82, 2.24) is 0 Å². The van der Waals surface area contributed by atoms with Gasteiger partial charge in [0.25, 0.3) is 0 Å². The van der Waals surface area contributed by atoms with Gasteiger partial charge in [0.15, 0.2) is 0 Å². The molecule has 1 aromatic rings. The van der Waals surface area contributed by atoms with Crippen LogP contribution < -0.4 is 10.1 Å². The molecule has 1 amide bonds. The molecule has 0 bridgehead atoms. The van der Waals surface area contributed by atoms with Crippen LogP contribution >= 0.6 is 0 Å². The topological polar surface area (TPSA) is 58.6 Å². The molecular weight excluding hydrogens is 266 g/mol. The summed E-state index contributed by atoms with van der Waals surface area (Å²) in [4.78, 5) is 12.1. The van der Waals surface area contributed by atoms with Gasteiger partial charge in [-0.25, -0.2) is 0 Å². The van der Waals surface area contributed by atoms with Gasteiger partial charge >= 0.3 is 0 Å². The molecular formula is C17H27NO3. The number of aliphatic hydroxyl groups excluding tert-OH is 1. The van der Waals surface area contributed by atoms with E-state index in [0.717, 1.165) is 0 Å². The zero-order valence-corrected chi connectivity index (χ0v) is 13.7. The van der Waals surface area contributed by atoms with Gasteiger partial charge in [-0.2, -0.15) is 0 Å². The number of carbonyl (C=O) groups is 1. The zero-order chi connectivity index (χ0) is 16.0. The van der Waals surface area contributed by atoms with E-state index in [1.165, 1.54) is 0 Å². The average molecular weight is 293 g/mol. The molecule has 4 heteroatoms. The molecule has 2 N–H and O–H groups in total. The lowest BCUT2D eigenvalue weighted by molar-refractivity contribution is -0.117. The Kier molecular flexibility index (Phi) is 6.21. The van der Waals surface area contributed by atoms with Gasteiger partial charge in [-0.3, -0.25) is 4.79 Å². The highest BCUT2D eigenvalue weighted by atomic mass is 16.5. The Balaban J connectivity index is 2.72. The van der Waals surface area contributed by atoms with Crippen LogP contribution in [0.1, 0.15) is 46.6 Å². The minimum atomic E-state index is -0.114. The Morgan fingerprint density at radius 3 is 2.57 bits per heavy atom. The lowest BCUT2D eigenvalue weighted by atomic mass is 9.80. The molecule has 1 rings (SSSR count). The number of nitrogens with one attached hydrogen (secondary N) is 1. The van der Waals surface area contributed by atoms with E-state index >= 15 is 0 Å². The van der Waals surface area contributed by atoms with Crippen LogP contribution in [0.15, 0.2) is 18.2 Å². The molecule has 1 unspecified atom stereocenters. The van der Waals surface area contributed by atoms with Crippen molar-refractivity contribution in [2.75, 3.05) is 11.9 Å². The fourth-order valence-corrected chi connectivity index (χ4v) is 1.87. The number of amides is 1. The summed E-state index contributed by atoms with van der Waals surface area (Å²) in [6.07, 6.45) is 0.477. The van der Waals surface area contributed by atoms with Gasteiger partial charge in [-0.15, -0.1) is 0 Å². The average Bonchev–Trinajstić information content (AvgIpc) is 2.39. The first-order chi connectivity index (χ1) is 9.77. The van der Waals surface area contributed by atoms with Crippen molar-refractivity contribution in [3.8, 4) is 5.75 Å². The zero-order valence-electron chi connectivity index (χ0n) is 13.7. The summed E-state index contributed by atoms with van der Waals surface area (Å²) in [6, 6.07) is 5.33. The summed E-state index contributed by atoms with van der Waals surface area (Å²) in [5, 5.41) is 12.2. The van der Waals surface area contributed by atoms with E-state index in [0.29, 0.717) is 30.0 Å². The van der Waals surface area contributed by atoms with Gasteiger partial charge in [0.1, 0.15) is 5.75 Å². The molecule has 0 radical (unpaired) electrons. The van der Waals surface area contributed by atoms with Crippen LogP contribution in [0.2, 0.25) is 0 Å². The van der Waals surface area contributed by atoms with Crippen molar-refractivity contribution in [3.63, 3.8) is 0 Å². The number of benzene rings is 1. The Morgan fingerprint density at radius 2 is 2.05 bits per heavy atom. The van der Waals surface area contributed by atoms with Gasteiger partial charge in [0, 0.05) is 17.7 Å². The number of carbonyl (C=O) groups excluding carboxylic acids is 1. The molecule has 0 saturated carbocycles. The second-order valence-corrected chi connectivity index (χ2v) is 6.43. The van der Waals surface area contributed by atoms with Crippen molar-refractivity contribution in [2.24, 2.45) is 11.3 Å². The summed E-state index contributed by atoms with van der Waals surface area (Å²) in [6.45, 7) is 10.8. The third-order valence-corrected chi connectivity index (χ3v) is 3.78. The SMILES string of the molecule is CCOc1ccc(NC(=O)CC(C)C(C)(C)C)cc1CO. The van der Waals surface area contributed by atoms with Crippen LogP contribution in [0, 0.1) is 11.3 Å². The van der Waals surface area contributed by atoms with Crippen LogP contribution in [0.25, 0.3) is 0 Å². The Hall–Kier alpha value is -1.55. The summed E-state index contributed by atoms with van der Waals surface area (Å²) >= 11 is 0. The first-order valence-corrected chi connectivity index (χ1v) is 7.44. The molecule has 21 heavy (non-hydrogen) atoms. The van der Waals surface area contributed by atoms with Crippen LogP contribution in [-0.2, 0) is 11.4 Å². The third-order valence-electron chi connectivity index (χ3n) is 3.78. The lowest BCUT2D eigenvalue weighted by Crippen LogP contribution is -2.23. The van der Waals surface area contributed by atoms with Gasteiger partial charge in [-0.1, -0.05) is 27.7 Å². The number of ether oxygens (including phenoxy) is 1. The molecule has 0 aromatic heterocycles. The molecule has 0 aliphatic heterocycles. The number of rotatable bonds is 6. The van der Waals surface area contributed by atoms with Crippen molar-refractivity contribution in [2.45, 2.75) is 47.6 Å². The second kappa shape index (κ2) is 7.46. The smallest absolute Gasteiger partial charge is 0.224 e. The van der Waals surface area contributed by atoms with E-state index in [9.17, 15) is 9.90 Å². The highest BCUT2D eigenvalue weighted by Gasteiger charge is 2.22. The summed E-state index contributed by atoms with van der Waals surface area (Å²) in [7, 11) is 0.